The molecule has 1 amide bonds. The van der Waals surface area contributed by atoms with E-state index in [1.807, 2.05) is 13.0 Å². The molecule has 1 aromatic heterocycles. The summed E-state index contributed by atoms with van der Waals surface area (Å²) in [5.41, 5.74) is 4.28. The molecule has 0 bridgehead atoms. The van der Waals surface area contributed by atoms with E-state index in [-0.39, 0.29) is 16.8 Å². The van der Waals surface area contributed by atoms with Gasteiger partial charge in [-0.05, 0) is 56.2 Å². The van der Waals surface area contributed by atoms with Gasteiger partial charge in [0.15, 0.2) is 0 Å². The molecule has 1 aromatic carbocycles. The normalized spacial score (nSPS) is 14.6. The van der Waals surface area contributed by atoms with Gasteiger partial charge >= 0.3 is 5.97 Å². The summed E-state index contributed by atoms with van der Waals surface area (Å²) in [6.07, 6.45) is 5.02. The summed E-state index contributed by atoms with van der Waals surface area (Å²) in [7, 11) is 0. The van der Waals surface area contributed by atoms with Crippen LogP contribution in [0.3, 0.4) is 0 Å². The van der Waals surface area contributed by atoms with Crippen LogP contribution in [0.1, 0.15) is 62.9 Å². The molecule has 2 aromatic rings. The highest BCUT2D eigenvalue weighted by Crippen LogP contribution is 2.24. The number of rotatable bonds is 5. The standard InChI is InChI=1S/C19H22N2O3S/c1-11-17(19(23)24)25-18(21-11)12(2)20-16(22)10-13-7-8-14-5-3-4-6-15(14)9-13/h7-9,12H,3-6,10H2,1-2H3,(H,20,22)(H,23,24). The van der Waals surface area contributed by atoms with Crippen molar-refractivity contribution >= 4 is 23.2 Å². The molecule has 3 rings (SSSR count). The number of amides is 1. The van der Waals surface area contributed by atoms with Crippen molar-refractivity contribution in [3.63, 3.8) is 0 Å². The zero-order chi connectivity index (χ0) is 18.0. The van der Waals surface area contributed by atoms with Crippen molar-refractivity contribution in [2.75, 3.05) is 0 Å². The number of nitrogens with zero attached hydrogens (tertiary/aromatic N) is 1. The van der Waals surface area contributed by atoms with Crippen LogP contribution in [0.5, 0.6) is 0 Å². The molecule has 0 saturated carbocycles. The molecule has 1 heterocycles. The van der Waals surface area contributed by atoms with Crippen LogP contribution in [-0.2, 0) is 24.1 Å². The topological polar surface area (TPSA) is 79.3 Å². The van der Waals surface area contributed by atoms with E-state index in [0.717, 1.165) is 29.7 Å². The number of benzene rings is 1. The SMILES string of the molecule is Cc1nc(C(C)NC(=O)Cc2ccc3c(c2)CCCC3)sc1C(=O)O. The Hall–Kier alpha value is -2.21. The Balaban J connectivity index is 1.64. The largest absolute Gasteiger partial charge is 0.477 e. The van der Waals surface area contributed by atoms with Crippen LogP contribution < -0.4 is 5.32 Å². The summed E-state index contributed by atoms with van der Waals surface area (Å²) in [4.78, 5) is 28.0. The Morgan fingerprint density at radius 1 is 1.28 bits per heavy atom. The predicted molar refractivity (Wildman–Crippen MR) is 97.2 cm³/mol. The van der Waals surface area contributed by atoms with Crippen LogP contribution in [0.15, 0.2) is 18.2 Å². The fraction of sp³-hybridized carbons (Fsp3) is 0.421. The minimum absolute atomic E-state index is 0.0759. The van der Waals surface area contributed by atoms with E-state index in [1.54, 1.807) is 6.92 Å². The van der Waals surface area contributed by atoms with Gasteiger partial charge in [-0.3, -0.25) is 4.79 Å². The Morgan fingerprint density at radius 3 is 2.68 bits per heavy atom. The van der Waals surface area contributed by atoms with Gasteiger partial charge in [0.05, 0.1) is 18.2 Å². The van der Waals surface area contributed by atoms with Crippen molar-refractivity contribution < 1.29 is 14.7 Å². The number of carboxylic acid groups (broad SMARTS) is 1. The number of hydrogen-bond donors (Lipinski definition) is 2. The number of nitrogens with one attached hydrogen (secondary N) is 1. The van der Waals surface area contributed by atoms with E-state index in [9.17, 15) is 9.59 Å². The van der Waals surface area contributed by atoms with Crippen LogP contribution in [0.2, 0.25) is 0 Å². The van der Waals surface area contributed by atoms with Gasteiger partial charge in [0.1, 0.15) is 9.88 Å². The number of thiazole rings is 1. The smallest absolute Gasteiger partial charge is 0.347 e. The lowest BCUT2D eigenvalue weighted by atomic mass is 9.90. The maximum absolute atomic E-state index is 12.3. The summed E-state index contributed by atoms with van der Waals surface area (Å²) in [5.74, 6) is -1.05. The fourth-order valence-corrected chi connectivity index (χ4v) is 4.15. The summed E-state index contributed by atoms with van der Waals surface area (Å²) in [5, 5.41) is 12.7. The number of fused-ring (bicyclic) bond motifs is 1. The Labute approximate surface area is 151 Å². The molecule has 1 unspecified atom stereocenters. The molecular formula is C19H22N2O3S. The zero-order valence-electron chi connectivity index (χ0n) is 14.5. The molecular weight excluding hydrogens is 336 g/mol. The lowest BCUT2D eigenvalue weighted by Gasteiger charge is -2.17. The molecule has 2 N–H and O–H groups in total. The van der Waals surface area contributed by atoms with Crippen LogP contribution >= 0.6 is 11.3 Å². The molecule has 1 atom stereocenters. The summed E-state index contributed by atoms with van der Waals surface area (Å²) in [6.45, 7) is 3.50. The molecule has 0 fully saturated rings. The molecule has 0 aliphatic heterocycles. The molecule has 0 radical (unpaired) electrons. The third kappa shape index (κ3) is 4.07. The van der Waals surface area contributed by atoms with Crippen molar-refractivity contribution in [3.8, 4) is 0 Å². The third-order valence-electron chi connectivity index (χ3n) is 4.53. The lowest BCUT2D eigenvalue weighted by Crippen LogP contribution is -2.28. The number of carbonyl (C=O) groups excluding carboxylic acids is 1. The van der Waals surface area contributed by atoms with Crippen molar-refractivity contribution in [3.05, 3.63) is 50.5 Å². The van der Waals surface area contributed by atoms with Gasteiger partial charge in [-0.15, -0.1) is 11.3 Å². The average molecular weight is 358 g/mol. The van der Waals surface area contributed by atoms with Crippen LogP contribution in [0, 0.1) is 6.92 Å². The predicted octanol–water partition coefficient (Wildman–Crippen LogP) is 3.45. The van der Waals surface area contributed by atoms with Crippen LogP contribution in [0.4, 0.5) is 0 Å². The van der Waals surface area contributed by atoms with Gasteiger partial charge in [-0.1, -0.05) is 18.2 Å². The minimum Gasteiger partial charge on any atom is -0.477 e. The summed E-state index contributed by atoms with van der Waals surface area (Å²) < 4.78 is 0. The van der Waals surface area contributed by atoms with E-state index in [4.69, 9.17) is 5.11 Å². The highest BCUT2D eigenvalue weighted by Gasteiger charge is 2.19. The van der Waals surface area contributed by atoms with E-state index in [2.05, 4.69) is 22.4 Å². The molecule has 0 spiro atoms. The Bertz CT molecular complexity index is 813. The van der Waals surface area contributed by atoms with Gasteiger partial charge < -0.3 is 10.4 Å². The van der Waals surface area contributed by atoms with Crippen molar-refractivity contribution in [2.24, 2.45) is 0 Å². The Morgan fingerprint density at radius 2 is 2.00 bits per heavy atom. The lowest BCUT2D eigenvalue weighted by molar-refractivity contribution is -0.121. The third-order valence-corrected chi connectivity index (χ3v) is 5.86. The first-order chi connectivity index (χ1) is 11.9. The van der Waals surface area contributed by atoms with E-state index < -0.39 is 5.97 Å². The monoisotopic (exact) mass is 358 g/mol. The number of aromatic nitrogens is 1. The van der Waals surface area contributed by atoms with Crippen LogP contribution in [-0.4, -0.2) is 22.0 Å². The summed E-state index contributed by atoms with van der Waals surface area (Å²) in [6, 6.07) is 6.02. The highest BCUT2D eigenvalue weighted by atomic mass is 32.1. The van der Waals surface area contributed by atoms with E-state index >= 15 is 0 Å². The zero-order valence-corrected chi connectivity index (χ0v) is 15.3. The maximum Gasteiger partial charge on any atom is 0.347 e. The number of aryl methyl sites for hydroxylation is 3. The van der Waals surface area contributed by atoms with Crippen LogP contribution in [0.25, 0.3) is 0 Å². The molecule has 6 heteroatoms. The first-order valence-electron chi connectivity index (χ1n) is 8.54. The second kappa shape index (κ2) is 7.35. The quantitative estimate of drug-likeness (QED) is 0.858. The van der Waals surface area contributed by atoms with E-state index in [1.165, 1.54) is 24.0 Å². The molecule has 5 nitrogen and oxygen atoms in total. The minimum atomic E-state index is -0.978. The first kappa shape index (κ1) is 17.6. The average Bonchev–Trinajstić information content (AvgIpc) is 2.97. The maximum atomic E-state index is 12.3. The van der Waals surface area contributed by atoms with Gasteiger partial charge in [0, 0.05) is 0 Å². The molecule has 25 heavy (non-hydrogen) atoms. The highest BCUT2D eigenvalue weighted by molar-refractivity contribution is 7.13. The van der Waals surface area contributed by atoms with Gasteiger partial charge in [0.2, 0.25) is 5.91 Å². The molecule has 1 aliphatic carbocycles. The second-order valence-electron chi connectivity index (χ2n) is 6.55. The molecule has 132 valence electrons. The number of carboxylic acids is 1. The van der Waals surface area contributed by atoms with Crippen molar-refractivity contribution in [1.82, 2.24) is 10.3 Å². The molecule has 0 saturated heterocycles. The fourth-order valence-electron chi connectivity index (χ4n) is 3.24. The summed E-state index contributed by atoms with van der Waals surface area (Å²) >= 11 is 1.12. The first-order valence-corrected chi connectivity index (χ1v) is 9.36. The van der Waals surface area contributed by atoms with Crippen molar-refractivity contribution in [2.45, 2.75) is 52.0 Å². The van der Waals surface area contributed by atoms with E-state index in [0.29, 0.717) is 17.1 Å². The Kier molecular flexibility index (Phi) is 5.18. The number of hydrogen-bond acceptors (Lipinski definition) is 4. The van der Waals surface area contributed by atoms with Gasteiger partial charge in [-0.2, -0.15) is 0 Å². The van der Waals surface area contributed by atoms with Crippen molar-refractivity contribution in [1.29, 1.82) is 0 Å². The molecule has 1 aliphatic rings. The number of carbonyl (C=O) groups is 2. The second-order valence-corrected chi connectivity index (χ2v) is 7.58. The van der Waals surface area contributed by atoms with Gasteiger partial charge in [0.25, 0.3) is 0 Å². The van der Waals surface area contributed by atoms with Gasteiger partial charge in [-0.25, -0.2) is 9.78 Å². The number of aromatic carboxylic acids is 1.